The summed E-state index contributed by atoms with van der Waals surface area (Å²) in [7, 11) is -2.90. The summed E-state index contributed by atoms with van der Waals surface area (Å²) in [5.74, 6) is -0.329. The van der Waals surface area contributed by atoms with Gasteiger partial charge in [0.25, 0.3) is 0 Å². The lowest BCUT2D eigenvalue weighted by Crippen LogP contribution is -2.46. The van der Waals surface area contributed by atoms with Crippen LogP contribution in [0.5, 0.6) is 0 Å². The van der Waals surface area contributed by atoms with Crippen LogP contribution in [0.15, 0.2) is 0 Å². The number of hydrogen-bond acceptors (Lipinski definition) is 4. The van der Waals surface area contributed by atoms with Gasteiger partial charge >= 0.3 is 0 Å². The van der Waals surface area contributed by atoms with Gasteiger partial charge in [0.15, 0.2) is 0 Å². The molecule has 5 nitrogen and oxygen atoms in total. The maximum atomic E-state index is 12.0. The maximum absolute atomic E-state index is 12.0. The SMILES string of the molecule is CCCC(C(=O)NC1CCS(=O)(=O)CC1)C(N)=S. The molecule has 1 saturated heterocycles. The zero-order valence-corrected chi connectivity index (χ0v) is 12.1. The van der Waals surface area contributed by atoms with Crippen molar-refractivity contribution in [2.24, 2.45) is 11.7 Å². The van der Waals surface area contributed by atoms with Gasteiger partial charge in [0.2, 0.25) is 5.91 Å². The van der Waals surface area contributed by atoms with Crippen molar-refractivity contribution in [1.29, 1.82) is 0 Å². The fourth-order valence-corrected chi connectivity index (χ4v) is 3.74. The van der Waals surface area contributed by atoms with Crippen molar-refractivity contribution in [3.63, 3.8) is 0 Å². The Morgan fingerprint density at radius 3 is 2.44 bits per heavy atom. The Morgan fingerprint density at radius 1 is 1.44 bits per heavy atom. The van der Waals surface area contributed by atoms with E-state index >= 15 is 0 Å². The largest absolute Gasteiger partial charge is 0.393 e. The van der Waals surface area contributed by atoms with E-state index in [1.807, 2.05) is 6.92 Å². The van der Waals surface area contributed by atoms with Crippen molar-refractivity contribution in [1.82, 2.24) is 5.32 Å². The molecule has 3 N–H and O–H groups in total. The van der Waals surface area contributed by atoms with E-state index in [1.165, 1.54) is 0 Å². The molecular weight excluding hydrogens is 272 g/mol. The highest BCUT2D eigenvalue weighted by Crippen LogP contribution is 2.14. The van der Waals surface area contributed by atoms with Gasteiger partial charge < -0.3 is 11.1 Å². The van der Waals surface area contributed by atoms with E-state index in [1.54, 1.807) is 0 Å². The number of nitrogens with one attached hydrogen (secondary N) is 1. The molecule has 1 fully saturated rings. The van der Waals surface area contributed by atoms with Gasteiger partial charge in [-0.2, -0.15) is 0 Å². The molecule has 1 rings (SSSR count). The molecule has 0 aliphatic carbocycles. The summed E-state index contributed by atoms with van der Waals surface area (Å²) in [6.45, 7) is 1.96. The molecule has 0 saturated carbocycles. The maximum Gasteiger partial charge on any atom is 0.230 e. The first kappa shape index (κ1) is 15.4. The molecule has 0 spiro atoms. The Bertz CT molecular complexity index is 406. The first-order chi connectivity index (χ1) is 8.35. The standard InChI is InChI=1S/C11H20N2O3S2/c1-2-3-9(10(12)17)11(14)13-8-4-6-18(15,16)7-5-8/h8-9H,2-7H2,1H3,(H2,12,17)(H,13,14). The second-order valence-corrected chi connectivity index (χ2v) is 7.45. The number of carbonyl (C=O) groups excluding carboxylic acids is 1. The zero-order chi connectivity index (χ0) is 13.8. The molecule has 1 aliphatic rings. The van der Waals surface area contributed by atoms with Crippen LogP contribution < -0.4 is 11.1 Å². The number of rotatable bonds is 5. The Morgan fingerprint density at radius 2 is 2.00 bits per heavy atom. The second-order valence-electron chi connectivity index (χ2n) is 4.68. The van der Waals surface area contributed by atoms with E-state index in [9.17, 15) is 13.2 Å². The van der Waals surface area contributed by atoms with E-state index in [0.29, 0.717) is 19.3 Å². The lowest BCUT2D eigenvalue weighted by Gasteiger charge is -2.25. The van der Waals surface area contributed by atoms with E-state index in [2.05, 4.69) is 5.32 Å². The highest BCUT2D eigenvalue weighted by molar-refractivity contribution is 7.91. The zero-order valence-electron chi connectivity index (χ0n) is 10.5. The van der Waals surface area contributed by atoms with Crippen LogP contribution in [0.25, 0.3) is 0 Å². The monoisotopic (exact) mass is 292 g/mol. The number of nitrogens with two attached hydrogens (primary N) is 1. The number of hydrogen-bond donors (Lipinski definition) is 2. The molecule has 104 valence electrons. The van der Waals surface area contributed by atoms with Gasteiger partial charge in [-0.3, -0.25) is 4.79 Å². The molecule has 0 aromatic heterocycles. The molecule has 1 aliphatic heterocycles. The van der Waals surface area contributed by atoms with E-state index < -0.39 is 15.8 Å². The average molecular weight is 292 g/mol. The van der Waals surface area contributed by atoms with Crippen LogP contribution in [0.3, 0.4) is 0 Å². The molecule has 1 unspecified atom stereocenters. The summed E-state index contributed by atoms with van der Waals surface area (Å²) in [5.41, 5.74) is 5.55. The fourth-order valence-electron chi connectivity index (χ4n) is 2.03. The molecule has 18 heavy (non-hydrogen) atoms. The van der Waals surface area contributed by atoms with Crippen molar-refractivity contribution >= 4 is 33.0 Å². The smallest absolute Gasteiger partial charge is 0.230 e. The van der Waals surface area contributed by atoms with Gasteiger partial charge in [-0.05, 0) is 19.3 Å². The fraction of sp³-hybridized carbons (Fsp3) is 0.818. The van der Waals surface area contributed by atoms with Crippen molar-refractivity contribution in [3.05, 3.63) is 0 Å². The molecular formula is C11H20N2O3S2. The Kier molecular flexibility index (Phi) is 5.52. The minimum atomic E-state index is -2.90. The minimum Gasteiger partial charge on any atom is -0.393 e. The van der Waals surface area contributed by atoms with Crippen molar-refractivity contribution in [3.8, 4) is 0 Å². The van der Waals surface area contributed by atoms with E-state index in [-0.39, 0.29) is 28.4 Å². The molecule has 0 aromatic rings. The molecule has 0 radical (unpaired) electrons. The summed E-state index contributed by atoms with van der Waals surface area (Å²) in [6, 6.07) is -0.0743. The van der Waals surface area contributed by atoms with Crippen LogP contribution in [0.4, 0.5) is 0 Å². The third-order valence-electron chi connectivity index (χ3n) is 3.14. The van der Waals surface area contributed by atoms with Gasteiger partial charge in [-0.25, -0.2) is 8.42 Å². The Balaban J connectivity index is 2.51. The van der Waals surface area contributed by atoms with Gasteiger partial charge in [0.1, 0.15) is 9.84 Å². The topological polar surface area (TPSA) is 89.3 Å². The molecule has 0 aromatic carbocycles. The molecule has 0 bridgehead atoms. The third-order valence-corrected chi connectivity index (χ3v) is 5.14. The van der Waals surface area contributed by atoms with Gasteiger partial charge in [0, 0.05) is 6.04 Å². The summed E-state index contributed by atoms with van der Waals surface area (Å²) in [4.78, 5) is 12.2. The summed E-state index contributed by atoms with van der Waals surface area (Å²) in [5, 5.41) is 2.85. The first-order valence-electron chi connectivity index (χ1n) is 6.16. The van der Waals surface area contributed by atoms with Gasteiger partial charge in [0.05, 0.1) is 22.4 Å². The molecule has 1 amide bonds. The predicted octanol–water partition coefficient (Wildman–Crippen LogP) is 0.382. The predicted molar refractivity (Wildman–Crippen MR) is 75.0 cm³/mol. The summed E-state index contributed by atoms with van der Waals surface area (Å²) in [6.07, 6.45) is 2.41. The highest BCUT2D eigenvalue weighted by Gasteiger charge is 2.27. The normalized spacial score (nSPS) is 21.2. The van der Waals surface area contributed by atoms with Crippen molar-refractivity contribution in [2.75, 3.05) is 11.5 Å². The van der Waals surface area contributed by atoms with Crippen LogP contribution in [-0.4, -0.2) is 36.9 Å². The number of thiocarbonyl (C=S) groups is 1. The molecule has 7 heteroatoms. The third kappa shape index (κ3) is 4.53. The molecule has 1 heterocycles. The van der Waals surface area contributed by atoms with Crippen LogP contribution in [0, 0.1) is 5.92 Å². The quantitative estimate of drug-likeness (QED) is 0.715. The summed E-state index contributed by atoms with van der Waals surface area (Å²) >= 11 is 4.88. The Hall–Kier alpha value is -0.690. The Labute approximate surface area is 113 Å². The van der Waals surface area contributed by atoms with Gasteiger partial charge in [-0.1, -0.05) is 25.6 Å². The second kappa shape index (κ2) is 6.47. The van der Waals surface area contributed by atoms with E-state index in [0.717, 1.165) is 6.42 Å². The van der Waals surface area contributed by atoms with Crippen LogP contribution >= 0.6 is 12.2 Å². The first-order valence-corrected chi connectivity index (χ1v) is 8.39. The highest BCUT2D eigenvalue weighted by atomic mass is 32.2. The number of carbonyl (C=O) groups is 1. The van der Waals surface area contributed by atoms with Crippen molar-refractivity contribution < 1.29 is 13.2 Å². The summed E-state index contributed by atoms with van der Waals surface area (Å²) < 4.78 is 22.5. The molecule has 1 atom stereocenters. The lowest BCUT2D eigenvalue weighted by molar-refractivity contribution is -0.123. The van der Waals surface area contributed by atoms with Crippen LogP contribution in [0.2, 0.25) is 0 Å². The van der Waals surface area contributed by atoms with Crippen LogP contribution in [-0.2, 0) is 14.6 Å². The number of sulfone groups is 1. The van der Waals surface area contributed by atoms with Crippen molar-refractivity contribution in [2.45, 2.75) is 38.6 Å². The number of amides is 1. The average Bonchev–Trinajstić information content (AvgIpc) is 2.28. The van der Waals surface area contributed by atoms with Gasteiger partial charge in [-0.15, -0.1) is 0 Å². The minimum absolute atomic E-state index is 0.0743. The van der Waals surface area contributed by atoms with Crippen LogP contribution in [0.1, 0.15) is 32.6 Å². The lowest BCUT2D eigenvalue weighted by atomic mass is 10.0. The van der Waals surface area contributed by atoms with E-state index in [4.69, 9.17) is 18.0 Å².